The molecule has 4 heteroatoms. The van der Waals surface area contributed by atoms with Crippen LogP contribution >= 0.6 is 0 Å². The lowest BCUT2D eigenvalue weighted by Crippen LogP contribution is -2.35. The van der Waals surface area contributed by atoms with Crippen LogP contribution in [0.1, 0.15) is 15.9 Å². The summed E-state index contributed by atoms with van der Waals surface area (Å²) in [5.74, 6) is -0.127. The predicted molar refractivity (Wildman–Crippen MR) is 53.2 cm³/mol. The smallest absolute Gasteiger partial charge is 0.183 e. The molecule has 0 bridgehead atoms. The molecule has 1 rings (SSSR count). The van der Waals surface area contributed by atoms with Crippen LogP contribution < -0.4 is 5.73 Å². The first-order valence-corrected chi connectivity index (χ1v) is 4.36. The van der Waals surface area contributed by atoms with E-state index in [9.17, 15) is 4.79 Å². The molecule has 0 saturated heterocycles. The zero-order valence-electron chi connectivity index (χ0n) is 8.36. The largest absolute Gasteiger partial charge is 0.383 e. The number of rotatable bonds is 4. The van der Waals surface area contributed by atoms with Gasteiger partial charge in [-0.25, -0.2) is 0 Å². The summed E-state index contributed by atoms with van der Waals surface area (Å²) in [7, 11) is 1.52. The monoisotopic (exact) mass is 194 g/mol. The number of Topliss-reactive ketones (excluding diaryl/α,β-unsaturated/α-hetero) is 1. The summed E-state index contributed by atoms with van der Waals surface area (Å²) >= 11 is 0. The van der Waals surface area contributed by atoms with E-state index in [1.54, 1.807) is 12.3 Å². The molecular weight excluding hydrogens is 180 g/mol. The number of ether oxygens (including phenoxy) is 1. The topological polar surface area (TPSA) is 65.2 Å². The molecule has 1 atom stereocenters. The minimum atomic E-state index is -0.608. The van der Waals surface area contributed by atoms with Crippen molar-refractivity contribution in [2.24, 2.45) is 5.73 Å². The Kier molecular flexibility index (Phi) is 3.73. The highest BCUT2D eigenvalue weighted by Crippen LogP contribution is 2.07. The number of methoxy groups -OCH3 is 1. The summed E-state index contributed by atoms with van der Waals surface area (Å²) < 4.78 is 4.82. The number of pyridine rings is 1. The SMILES string of the molecule is COCC(N)C(=O)c1cnccc1C. The van der Waals surface area contributed by atoms with E-state index in [1.165, 1.54) is 13.3 Å². The van der Waals surface area contributed by atoms with Crippen LogP contribution in [0.5, 0.6) is 0 Å². The highest BCUT2D eigenvalue weighted by Gasteiger charge is 2.17. The van der Waals surface area contributed by atoms with Gasteiger partial charge in [0.25, 0.3) is 0 Å². The lowest BCUT2D eigenvalue weighted by Gasteiger charge is -2.10. The van der Waals surface area contributed by atoms with Gasteiger partial charge in [0.05, 0.1) is 12.6 Å². The van der Waals surface area contributed by atoms with Crippen LogP contribution in [-0.4, -0.2) is 30.5 Å². The van der Waals surface area contributed by atoms with Gasteiger partial charge in [-0.2, -0.15) is 0 Å². The zero-order chi connectivity index (χ0) is 10.6. The van der Waals surface area contributed by atoms with E-state index in [2.05, 4.69) is 4.98 Å². The maximum absolute atomic E-state index is 11.7. The van der Waals surface area contributed by atoms with Crippen LogP contribution in [0.3, 0.4) is 0 Å². The van der Waals surface area contributed by atoms with E-state index in [-0.39, 0.29) is 12.4 Å². The number of aryl methyl sites for hydroxylation is 1. The molecule has 1 heterocycles. The Bertz CT molecular complexity index is 326. The number of carbonyl (C=O) groups excluding carboxylic acids is 1. The van der Waals surface area contributed by atoms with Gasteiger partial charge in [0.2, 0.25) is 0 Å². The average molecular weight is 194 g/mol. The molecule has 0 aliphatic carbocycles. The van der Waals surface area contributed by atoms with Crippen molar-refractivity contribution in [3.63, 3.8) is 0 Å². The molecule has 14 heavy (non-hydrogen) atoms. The Labute approximate surface area is 83.1 Å². The van der Waals surface area contributed by atoms with E-state index >= 15 is 0 Å². The lowest BCUT2D eigenvalue weighted by atomic mass is 10.0. The van der Waals surface area contributed by atoms with Gasteiger partial charge in [-0.1, -0.05) is 0 Å². The standard InChI is InChI=1S/C10H14N2O2/c1-7-3-4-12-5-8(7)10(13)9(11)6-14-2/h3-5,9H,6,11H2,1-2H3. The van der Waals surface area contributed by atoms with Gasteiger partial charge in [0.1, 0.15) is 0 Å². The van der Waals surface area contributed by atoms with Crippen LogP contribution in [0.2, 0.25) is 0 Å². The van der Waals surface area contributed by atoms with E-state index in [4.69, 9.17) is 10.5 Å². The molecule has 4 nitrogen and oxygen atoms in total. The van der Waals surface area contributed by atoms with Crippen molar-refractivity contribution in [1.29, 1.82) is 0 Å². The summed E-state index contributed by atoms with van der Waals surface area (Å²) in [5, 5.41) is 0. The lowest BCUT2D eigenvalue weighted by molar-refractivity contribution is 0.0891. The van der Waals surface area contributed by atoms with Crippen molar-refractivity contribution in [3.05, 3.63) is 29.6 Å². The summed E-state index contributed by atoms with van der Waals surface area (Å²) in [6.07, 6.45) is 3.18. The van der Waals surface area contributed by atoms with E-state index in [0.717, 1.165) is 5.56 Å². The molecular formula is C10H14N2O2. The third kappa shape index (κ3) is 2.37. The second kappa shape index (κ2) is 4.83. The van der Waals surface area contributed by atoms with Gasteiger partial charge in [-0.3, -0.25) is 9.78 Å². The Morgan fingerprint density at radius 1 is 1.71 bits per heavy atom. The van der Waals surface area contributed by atoms with Crippen molar-refractivity contribution in [2.45, 2.75) is 13.0 Å². The Hall–Kier alpha value is -1.26. The van der Waals surface area contributed by atoms with Crippen LogP contribution in [0.4, 0.5) is 0 Å². The first-order chi connectivity index (χ1) is 6.66. The highest BCUT2D eigenvalue weighted by molar-refractivity contribution is 6.00. The van der Waals surface area contributed by atoms with Gasteiger partial charge in [0.15, 0.2) is 5.78 Å². The summed E-state index contributed by atoms with van der Waals surface area (Å²) in [6.45, 7) is 2.08. The normalized spacial score (nSPS) is 12.5. The Morgan fingerprint density at radius 2 is 2.43 bits per heavy atom. The van der Waals surface area contributed by atoms with Crippen LogP contribution in [0.15, 0.2) is 18.5 Å². The summed E-state index contributed by atoms with van der Waals surface area (Å²) in [5.41, 5.74) is 7.08. The number of ketones is 1. The molecule has 0 radical (unpaired) electrons. The molecule has 76 valence electrons. The molecule has 0 aliphatic heterocycles. The van der Waals surface area contributed by atoms with Crippen molar-refractivity contribution in [3.8, 4) is 0 Å². The number of nitrogens with zero attached hydrogens (tertiary/aromatic N) is 1. The van der Waals surface area contributed by atoms with E-state index in [0.29, 0.717) is 5.56 Å². The van der Waals surface area contributed by atoms with Crippen molar-refractivity contribution >= 4 is 5.78 Å². The second-order valence-electron chi connectivity index (χ2n) is 3.12. The Morgan fingerprint density at radius 3 is 3.00 bits per heavy atom. The van der Waals surface area contributed by atoms with Gasteiger partial charge in [-0.05, 0) is 18.6 Å². The van der Waals surface area contributed by atoms with Crippen molar-refractivity contribution in [1.82, 2.24) is 4.98 Å². The van der Waals surface area contributed by atoms with Gasteiger partial charge < -0.3 is 10.5 Å². The molecule has 0 spiro atoms. The molecule has 1 aromatic heterocycles. The summed E-state index contributed by atoms with van der Waals surface area (Å²) in [6, 6.07) is 1.18. The van der Waals surface area contributed by atoms with Gasteiger partial charge >= 0.3 is 0 Å². The van der Waals surface area contributed by atoms with Crippen LogP contribution in [0.25, 0.3) is 0 Å². The fourth-order valence-corrected chi connectivity index (χ4v) is 1.18. The minimum absolute atomic E-state index is 0.127. The van der Waals surface area contributed by atoms with E-state index < -0.39 is 6.04 Å². The van der Waals surface area contributed by atoms with Crippen molar-refractivity contribution < 1.29 is 9.53 Å². The Balaban J connectivity index is 2.84. The quantitative estimate of drug-likeness (QED) is 0.711. The zero-order valence-corrected chi connectivity index (χ0v) is 8.36. The maximum Gasteiger partial charge on any atom is 0.183 e. The first kappa shape index (κ1) is 10.8. The molecule has 1 unspecified atom stereocenters. The van der Waals surface area contributed by atoms with Crippen molar-refractivity contribution in [2.75, 3.05) is 13.7 Å². The molecule has 0 saturated carbocycles. The molecule has 0 fully saturated rings. The first-order valence-electron chi connectivity index (χ1n) is 4.36. The highest BCUT2D eigenvalue weighted by atomic mass is 16.5. The van der Waals surface area contributed by atoms with Crippen LogP contribution in [0, 0.1) is 6.92 Å². The number of carbonyl (C=O) groups is 1. The second-order valence-corrected chi connectivity index (χ2v) is 3.12. The number of aromatic nitrogens is 1. The number of hydrogen-bond donors (Lipinski definition) is 1. The molecule has 1 aromatic rings. The van der Waals surface area contributed by atoms with Gasteiger partial charge in [-0.15, -0.1) is 0 Å². The average Bonchev–Trinajstić information content (AvgIpc) is 2.18. The molecule has 0 aliphatic rings. The fraction of sp³-hybridized carbons (Fsp3) is 0.400. The predicted octanol–water partition coefficient (Wildman–Crippen LogP) is 0.546. The fourth-order valence-electron chi connectivity index (χ4n) is 1.18. The van der Waals surface area contributed by atoms with Gasteiger partial charge in [0, 0.05) is 25.1 Å². The number of hydrogen-bond acceptors (Lipinski definition) is 4. The molecule has 0 amide bonds. The third-order valence-corrected chi connectivity index (χ3v) is 1.99. The number of nitrogens with two attached hydrogens (primary N) is 1. The van der Waals surface area contributed by atoms with E-state index in [1.807, 2.05) is 6.92 Å². The minimum Gasteiger partial charge on any atom is -0.383 e. The van der Waals surface area contributed by atoms with Crippen LogP contribution in [-0.2, 0) is 4.74 Å². The molecule has 2 N–H and O–H groups in total. The maximum atomic E-state index is 11.7. The summed E-state index contributed by atoms with van der Waals surface area (Å²) in [4.78, 5) is 15.6. The molecule has 0 aromatic carbocycles. The third-order valence-electron chi connectivity index (χ3n) is 1.99.